The number of benzene rings is 3. The highest BCUT2D eigenvalue weighted by Crippen LogP contribution is 2.49. The first-order valence-corrected chi connectivity index (χ1v) is 8.35. The second-order valence-corrected chi connectivity index (χ2v) is 7.14. The van der Waals surface area contributed by atoms with Crippen LogP contribution < -0.4 is 10.4 Å². The van der Waals surface area contributed by atoms with Crippen LogP contribution in [-0.4, -0.2) is 5.25 Å². The average Bonchev–Trinajstić information content (AvgIpc) is 2.88. The number of thioether (sulfide) groups is 1. The van der Waals surface area contributed by atoms with Crippen molar-refractivity contribution < 1.29 is 4.39 Å². The molecule has 0 aromatic heterocycles. The molecule has 106 valence electrons. The summed E-state index contributed by atoms with van der Waals surface area (Å²) in [5.41, 5.74) is 1.33. The maximum Gasteiger partial charge on any atom is 0.131 e. The molecule has 5 rings (SSSR count). The molecule has 3 aromatic rings. The summed E-state index contributed by atoms with van der Waals surface area (Å²) >= 11 is 1.85. The normalized spacial score (nSPS) is 21.5. The first kappa shape index (κ1) is 12.5. The maximum absolute atomic E-state index is 14.0. The molecule has 1 aliphatic heterocycles. The highest BCUT2D eigenvalue weighted by Gasteiger charge is 2.32. The lowest BCUT2D eigenvalue weighted by atomic mass is 9.89. The van der Waals surface area contributed by atoms with Crippen LogP contribution >= 0.6 is 11.8 Å². The zero-order valence-electron chi connectivity index (χ0n) is 11.8. The van der Waals surface area contributed by atoms with E-state index in [9.17, 15) is 4.39 Å². The monoisotopic (exact) mass is 304 g/mol. The van der Waals surface area contributed by atoms with E-state index in [1.807, 2.05) is 23.9 Å². The van der Waals surface area contributed by atoms with E-state index < -0.39 is 0 Å². The molecule has 2 unspecified atom stereocenters. The zero-order chi connectivity index (χ0) is 14.7. The third kappa shape index (κ3) is 1.71. The van der Waals surface area contributed by atoms with Crippen LogP contribution in [0.1, 0.15) is 11.5 Å². The predicted molar refractivity (Wildman–Crippen MR) is 90.9 cm³/mol. The van der Waals surface area contributed by atoms with Gasteiger partial charge in [0.05, 0.1) is 0 Å². The van der Waals surface area contributed by atoms with Gasteiger partial charge < -0.3 is 0 Å². The lowest BCUT2D eigenvalue weighted by Crippen LogP contribution is -2.31. The van der Waals surface area contributed by atoms with Gasteiger partial charge >= 0.3 is 0 Å². The number of fused-ring (bicyclic) bond motifs is 5. The van der Waals surface area contributed by atoms with E-state index in [1.165, 1.54) is 27.0 Å². The molecule has 0 fully saturated rings. The van der Waals surface area contributed by atoms with Gasteiger partial charge in [0.2, 0.25) is 0 Å². The molecule has 0 nitrogen and oxygen atoms in total. The van der Waals surface area contributed by atoms with Crippen molar-refractivity contribution in [1.82, 2.24) is 0 Å². The Labute approximate surface area is 132 Å². The highest BCUT2D eigenvalue weighted by molar-refractivity contribution is 8.00. The largest absolute Gasteiger partial charge is 0.206 e. The number of halogens is 1. The lowest BCUT2D eigenvalue weighted by molar-refractivity contribution is 0.639. The fraction of sp³-hybridized carbons (Fsp3) is 0.100. The van der Waals surface area contributed by atoms with Gasteiger partial charge in [-0.1, -0.05) is 48.6 Å². The van der Waals surface area contributed by atoms with Crippen LogP contribution in [0.4, 0.5) is 4.39 Å². The van der Waals surface area contributed by atoms with Gasteiger partial charge in [-0.25, -0.2) is 4.39 Å². The van der Waals surface area contributed by atoms with Crippen molar-refractivity contribution in [1.29, 1.82) is 0 Å². The summed E-state index contributed by atoms with van der Waals surface area (Å²) in [6.45, 7) is 0. The standard InChI is InChI=1S/C20H13FS/c21-18-7-3-6-14-9-17-16-8-12-4-1-2-5-13(12)10-19(16)22-20(17)11-15(14)18/h1-11,16,19H. The molecule has 2 heteroatoms. The molecule has 2 atom stereocenters. The molecular weight excluding hydrogens is 291 g/mol. The Morgan fingerprint density at radius 2 is 1.68 bits per heavy atom. The molecule has 1 aliphatic carbocycles. The van der Waals surface area contributed by atoms with Gasteiger partial charge in [-0.05, 0) is 39.6 Å². The van der Waals surface area contributed by atoms with E-state index in [-0.39, 0.29) is 5.82 Å². The van der Waals surface area contributed by atoms with Crippen molar-refractivity contribution >= 4 is 34.7 Å². The van der Waals surface area contributed by atoms with Crippen molar-refractivity contribution in [3.8, 4) is 0 Å². The first-order valence-electron chi connectivity index (χ1n) is 7.47. The Hall–Kier alpha value is -2.06. The Balaban J connectivity index is 1.76. The minimum Gasteiger partial charge on any atom is -0.206 e. The summed E-state index contributed by atoms with van der Waals surface area (Å²) in [6, 6.07) is 18.0. The minimum absolute atomic E-state index is 0.132. The van der Waals surface area contributed by atoms with Crippen LogP contribution in [0.2, 0.25) is 0 Å². The summed E-state index contributed by atoms with van der Waals surface area (Å²) in [5, 5.41) is 4.75. The second-order valence-electron chi connectivity index (χ2n) is 5.92. The molecule has 0 amide bonds. The van der Waals surface area contributed by atoms with Crippen molar-refractivity contribution in [3.05, 3.63) is 76.4 Å². The molecular formula is C20H13FS. The van der Waals surface area contributed by atoms with E-state index >= 15 is 0 Å². The molecule has 0 N–H and O–H groups in total. The predicted octanol–water partition coefficient (Wildman–Crippen LogP) is 3.81. The molecule has 3 aromatic carbocycles. The lowest BCUT2D eigenvalue weighted by Gasteiger charge is -2.16. The summed E-state index contributed by atoms with van der Waals surface area (Å²) in [7, 11) is 0. The van der Waals surface area contributed by atoms with Crippen molar-refractivity contribution in [2.75, 3.05) is 0 Å². The van der Waals surface area contributed by atoms with Crippen molar-refractivity contribution in [2.24, 2.45) is 0 Å². The van der Waals surface area contributed by atoms with Gasteiger partial charge in [0.15, 0.2) is 0 Å². The van der Waals surface area contributed by atoms with Gasteiger partial charge in [-0.3, -0.25) is 0 Å². The SMILES string of the molecule is Fc1cccc2cc3c(cc12)SC1C=c2ccccc2=CC31. The fourth-order valence-electron chi connectivity index (χ4n) is 3.55. The summed E-state index contributed by atoms with van der Waals surface area (Å²) in [5.74, 6) is 0.259. The van der Waals surface area contributed by atoms with Gasteiger partial charge in [-0.2, -0.15) is 0 Å². The smallest absolute Gasteiger partial charge is 0.131 e. The number of hydrogen-bond donors (Lipinski definition) is 0. The third-order valence-electron chi connectivity index (χ3n) is 4.63. The fourth-order valence-corrected chi connectivity index (χ4v) is 4.95. The molecule has 1 heterocycles. The quantitative estimate of drug-likeness (QED) is 0.608. The third-order valence-corrected chi connectivity index (χ3v) is 5.94. The van der Waals surface area contributed by atoms with Crippen LogP contribution in [0.25, 0.3) is 22.9 Å². The molecule has 0 bridgehead atoms. The average molecular weight is 304 g/mol. The van der Waals surface area contributed by atoms with E-state index in [0.29, 0.717) is 11.2 Å². The van der Waals surface area contributed by atoms with Crippen LogP contribution in [-0.2, 0) is 0 Å². The second kappa shape index (κ2) is 4.47. The Kier molecular flexibility index (Phi) is 2.53. The van der Waals surface area contributed by atoms with Gasteiger partial charge in [0.25, 0.3) is 0 Å². The minimum atomic E-state index is -0.132. The van der Waals surface area contributed by atoms with Gasteiger partial charge in [-0.15, -0.1) is 11.8 Å². The maximum atomic E-state index is 14.0. The molecule has 22 heavy (non-hydrogen) atoms. The summed E-state index contributed by atoms with van der Waals surface area (Å²) < 4.78 is 14.0. The number of hydrogen-bond acceptors (Lipinski definition) is 1. The molecule has 0 saturated heterocycles. The van der Waals surface area contributed by atoms with Crippen LogP contribution in [0.3, 0.4) is 0 Å². The first-order chi connectivity index (χ1) is 10.8. The van der Waals surface area contributed by atoms with E-state index in [2.05, 4.69) is 42.5 Å². The molecule has 0 radical (unpaired) electrons. The molecule has 2 aliphatic rings. The topological polar surface area (TPSA) is 0 Å². The van der Waals surface area contributed by atoms with Crippen LogP contribution in [0.15, 0.2) is 59.5 Å². The van der Waals surface area contributed by atoms with Crippen LogP contribution in [0.5, 0.6) is 0 Å². The highest BCUT2D eigenvalue weighted by atomic mass is 32.2. The molecule has 0 spiro atoms. The van der Waals surface area contributed by atoms with E-state index in [0.717, 1.165) is 10.8 Å². The van der Waals surface area contributed by atoms with Crippen molar-refractivity contribution in [3.63, 3.8) is 0 Å². The summed E-state index contributed by atoms with van der Waals surface area (Å²) in [4.78, 5) is 1.22. The number of rotatable bonds is 0. The zero-order valence-corrected chi connectivity index (χ0v) is 12.6. The Morgan fingerprint density at radius 3 is 2.55 bits per heavy atom. The van der Waals surface area contributed by atoms with Gasteiger partial charge in [0, 0.05) is 21.4 Å². The summed E-state index contributed by atoms with van der Waals surface area (Å²) in [6.07, 6.45) is 4.72. The van der Waals surface area contributed by atoms with E-state index in [4.69, 9.17) is 0 Å². The van der Waals surface area contributed by atoms with Crippen LogP contribution in [0, 0.1) is 5.82 Å². The van der Waals surface area contributed by atoms with E-state index in [1.54, 1.807) is 6.07 Å². The van der Waals surface area contributed by atoms with Crippen molar-refractivity contribution in [2.45, 2.75) is 16.1 Å². The molecule has 0 saturated carbocycles. The van der Waals surface area contributed by atoms with Gasteiger partial charge in [0.1, 0.15) is 5.82 Å². The Morgan fingerprint density at radius 1 is 0.864 bits per heavy atom. The Bertz CT molecular complexity index is 1040.